The zero-order valence-corrected chi connectivity index (χ0v) is 19.0. The van der Waals surface area contributed by atoms with Gasteiger partial charge in [-0.3, -0.25) is 9.59 Å². The zero-order valence-electron chi connectivity index (χ0n) is 17.4. The highest BCUT2D eigenvalue weighted by atomic mass is 79.9. The maximum absolute atomic E-state index is 13.0. The summed E-state index contributed by atoms with van der Waals surface area (Å²) in [6.07, 6.45) is 2.31. The van der Waals surface area contributed by atoms with E-state index in [1.165, 1.54) is 11.6 Å². The second-order valence-corrected chi connectivity index (χ2v) is 8.09. The molecule has 4 rings (SSSR count). The fourth-order valence-electron chi connectivity index (χ4n) is 3.55. The van der Waals surface area contributed by atoms with Gasteiger partial charge in [-0.25, -0.2) is 0 Å². The highest BCUT2D eigenvalue weighted by molar-refractivity contribution is 9.10. The minimum atomic E-state index is -0.500. The van der Waals surface area contributed by atoms with E-state index >= 15 is 0 Å². The monoisotopic (exact) mass is 491 g/mol. The average molecular weight is 492 g/mol. The number of amides is 2. The van der Waals surface area contributed by atoms with Gasteiger partial charge in [0.15, 0.2) is 10.4 Å². The molecule has 0 atom stereocenters. The van der Waals surface area contributed by atoms with E-state index in [9.17, 15) is 9.59 Å². The van der Waals surface area contributed by atoms with E-state index in [0.717, 1.165) is 22.2 Å². The number of benzene rings is 2. The van der Waals surface area contributed by atoms with Gasteiger partial charge in [-0.2, -0.15) is 0 Å². The summed E-state index contributed by atoms with van der Waals surface area (Å²) in [7, 11) is 0. The molecule has 7 heteroatoms. The normalized spacial score (nSPS) is 11.5. The maximum atomic E-state index is 13.0. The third kappa shape index (κ3) is 5.00. The summed E-state index contributed by atoms with van der Waals surface area (Å²) >= 11 is 3.18. The van der Waals surface area contributed by atoms with Crippen LogP contribution in [0, 0.1) is 6.92 Å². The summed E-state index contributed by atoms with van der Waals surface area (Å²) < 4.78 is 5.74. The van der Waals surface area contributed by atoms with Gasteiger partial charge < -0.3 is 20.0 Å². The minimum absolute atomic E-state index is 0.109. The van der Waals surface area contributed by atoms with Crippen LogP contribution in [0.3, 0.4) is 0 Å². The number of aryl methyl sites for hydroxylation is 1. The lowest BCUT2D eigenvalue weighted by Crippen LogP contribution is -2.35. The SMILES string of the molecule is Cc1[nH]c2ccccc2c1CCNC(=O)/C(=C/c1ccccc1)NC(=O)c1ccc(Br)o1. The van der Waals surface area contributed by atoms with E-state index in [2.05, 4.69) is 37.6 Å². The summed E-state index contributed by atoms with van der Waals surface area (Å²) in [4.78, 5) is 28.9. The Balaban J connectivity index is 1.49. The Labute approximate surface area is 193 Å². The lowest BCUT2D eigenvalue weighted by Gasteiger charge is -2.11. The fourth-order valence-corrected chi connectivity index (χ4v) is 3.85. The number of H-pyrrole nitrogens is 1. The maximum Gasteiger partial charge on any atom is 0.291 e. The predicted molar refractivity (Wildman–Crippen MR) is 128 cm³/mol. The lowest BCUT2D eigenvalue weighted by molar-refractivity contribution is -0.117. The first-order valence-electron chi connectivity index (χ1n) is 10.2. The number of rotatable bonds is 7. The molecule has 0 aliphatic heterocycles. The molecule has 2 aromatic carbocycles. The van der Waals surface area contributed by atoms with E-state index < -0.39 is 5.91 Å². The van der Waals surface area contributed by atoms with Gasteiger partial charge in [0.1, 0.15) is 5.70 Å². The van der Waals surface area contributed by atoms with Crippen LogP contribution in [0.15, 0.2) is 81.5 Å². The van der Waals surface area contributed by atoms with Crippen LogP contribution in [0.4, 0.5) is 0 Å². The van der Waals surface area contributed by atoms with Crippen molar-refractivity contribution in [3.8, 4) is 0 Å². The van der Waals surface area contributed by atoms with Gasteiger partial charge in [-0.15, -0.1) is 0 Å². The van der Waals surface area contributed by atoms with E-state index in [-0.39, 0.29) is 17.4 Å². The topological polar surface area (TPSA) is 87.1 Å². The van der Waals surface area contributed by atoms with Gasteiger partial charge >= 0.3 is 0 Å². The Morgan fingerprint density at radius 1 is 1.03 bits per heavy atom. The molecule has 0 saturated carbocycles. The second-order valence-electron chi connectivity index (χ2n) is 7.31. The van der Waals surface area contributed by atoms with E-state index in [1.54, 1.807) is 12.1 Å². The van der Waals surface area contributed by atoms with Gasteiger partial charge in [0, 0.05) is 23.1 Å². The number of hydrogen-bond acceptors (Lipinski definition) is 3. The number of hydrogen-bond donors (Lipinski definition) is 3. The summed E-state index contributed by atoms with van der Waals surface area (Å²) in [6, 6.07) is 20.6. The van der Waals surface area contributed by atoms with Crippen LogP contribution >= 0.6 is 15.9 Å². The molecule has 0 bridgehead atoms. The molecule has 2 amide bonds. The molecule has 0 spiro atoms. The summed E-state index contributed by atoms with van der Waals surface area (Å²) in [5.41, 5.74) is 4.26. The number of furan rings is 1. The molecule has 0 radical (unpaired) electrons. The van der Waals surface area contributed by atoms with Crippen molar-refractivity contribution in [3.63, 3.8) is 0 Å². The highest BCUT2D eigenvalue weighted by Gasteiger charge is 2.17. The van der Waals surface area contributed by atoms with Gasteiger partial charge in [0.25, 0.3) is 11.8 Å². The number of aromatic amines is 1. The van der Waals surface area contributed by atoms with Crippen LogP contribution in [-0.4, -0.2) is 23.3 Å². The third-order valence-corrected chi connectivity index (χ3v) is 5.51. The Kier molecular flexibility index (Phi) is 6.56. The third-order valence-electron chi connectivity index (χ3n) is 5.09. The molecular weight excluding hydrogens is 470 g/mol. The number of fused-ring (bicyclic) bond motifs is 1. The Morgan fingerprint density at radius 3 is 2.53 bits per heavy atom. The van der Waals surface area contributed by atoms with Crippen molar-refractivity contribution in [2.75, 3.05) is 6.54 Å². The quantitative estimate of drug-likeness (QED) is 0.319. The second kappa shape index (κ2) is 9.70. The Bertz CT molecular complexity index is 1290. The number of para-hydroxylation sites is 1. The summed E-state index contributed by atoms with van der Waals surface area (Å²) in [6.45, 7) is 2.45. The Hall–Kier alpha value is -3.58. The van der Waals surface area contributed by atoms with E-state index in [1.807, 2.05) is 55.5 Å². The minimum Gasteiger partial charge on any atom is -0.444 e. The van der Waals surface area contributed by atoms with Crippen LogP contribution < -0.4 is 10.6 Å². The van der Waals surface area contributed by atoms with Crippen LogP contribution in [-0.2, 0) is 11.2 Å². The highest BCUT2D eigenvalue weighted by Crippen LogP contribution is 2.22. The zero-order chi connectivity index (χ0) is 22.5. The van der Waals surface area contributed by atoms with Crippen molar-refractivity contribution < 1.29 is 14.0 Å². The number of nitrogens with one attached hydrogen (secondary N) is 3. The molecule has 162 valence electrons. The number of halogens is 1. The van der Waals surface area contributed by atoms with Crippen LogP contribution in [0.1, 0.15) is 27.4 Å². The molecule has 6 nitrogen and oxygen atoms in total. The van der Waals surface area contributed by atoms with Crippen LogP contribution in [0.5, 0.6) is 0 Å². The molecular formula is C25H22BrN3O3. The molecule has 0 aliphatic rings. The molecule has 0 saturated heterocycles. The molecule has 2 heterocycles. The first kappa shape index (κ1) is 21.6. The van der Waals surface area contributed by atoms with Gasteiger partial charge in [0.2, 0.25) is 0 Å². The first-order valence-corrected chi connectivity index (χ1v) is 11.0. The van der Waals surface area contributed by atoms with Crippen molar-refractivity contribution in [3.05, 3.63) is 99.7 Å². The van der Waals surface area contributed by atoms with Crippen molar-refractivity contribution in [2.45, 2.75) is 13.3 Å². The molecule has 4 aromatic rings. The van der Waals surface area contributed by atoms with Gasteiger partial charge in [0.05, 0.1) is 0 Å². The summed E-state index contributed by atoms with van der Waals surface area (Å²) in [5.74, 6) is -0.760. The van der Waals surface area contributed by atoms with Crippen molar-refractivity contribution in [2.24, 2.45) is 0 Å². The first-order chi connectivity index (χ1) is 15.5. The van der Waals surface area contributed by atoms with Crippen molar-refractivity contribution in [1.29, 1.82) is 0 Å². The van der Waals surface area contributed by atoms with Crippen LogP contribution in [0.25, 0.3) is 17.0 Å². The Morgan fingerprint density at radius 2 is 1.78 bits per heavy atom. The summed E-state index contributed by atoms with van der Waals surface area (Å²) in [5, 5.41) is 6.74. The van der Waals surface area contributed by atoms with Crippen molar-refractivity contribution >= 4 is 44.7 Å². The number of carbonyl (C=O) groups excluding carboxylic acids is 2. The predicted octanol–water partition coefficient (Wildman–Crippen LogP) is 4.96. The largest absolute Gasteiger partial charge is 0.444 e. The number of carbonyl (C=O) groups is 2. The van der Waals surface area contributed by atoms with Gasteiger partial charge in [-0.05, 0) is 64.7 Å². The van der Waals surface area contributed by atoms with E-state index in [0.29, 0.717) is 17.6 Å². The van der Waals surface area contributed by atoms with E-state index in [4.69, 9.17) is 4.42 Å². The molecule has 0 aliphatic carbocycles. The van der Waals surface area contributed by atoms with Gasteiger partial charge in [-0.1, -0.05) is 48.5 Å². The number of aromatic nitrogens is 1. The average Bonchev–Trinajstić information content (AvgIpc) is 3.37. The molecule has 32 heavy (non-hydrogen) atoms. The fraction of sp³-hybridized carbons (Fsp3) is 0.120. The standard InChI is InChI=1S/C25H22BrN3O3/c1-16-18(19-9-5-6-10-20(19)28-16)13-14-27-24(30)21(15-17-7-3-2-4-8-17)29-25(31)22-11-12-23(26)32-22/h2-12,15,28H,13-14H2,1H3,(H,27,30)(H,29,31)/b21-15-. The molecule has 3 N–H and O–H groups in total. The molecule has 0 fully saturated rings. The van der Waals surface area contributed by atoms with Crippen molar-refractivity contribution in [1.82, 2.24) is 15.6 Å². The molecule has 2 aromatic heterocycles. The smallest absolute Gasteiger partial charge is 0.291 e. The lowest BCUT2D eigenvalue weighted by atomic mass is 10.1. The van der Waals surface area contributed by atoms with Crippen LogP contribution in [0.2, 0.25) is 0 Å². The molecule has 0 unspecified atom stereocenters.